The number of aliphatic hydroxyl groups is 1. The van der Waals surface area contributed by atoms with E-state index in [0.29, 0.717) is 19.2 Å². The molecule has 1 atom stereocenters. The van der Waals surface area contributed by atoms with E-state index < -0.39 is 6.10 Å². The van der Waals surface area contributed by atoms with Crippen molar-refractivity contribution >= 4 is 0 Å². The highest BCUT2D eigenvalue weighted by atomic mass is 16.5. The molecule has 1 unspecified atom stereocenters. The van der Waals surface area contributed by atoms with Crippen molar-refractivity contribution in [2.24, 2.45) is 0 Å². The van der Waals surface area contributed by atoms with Crippen LogP contribution in [0.15, 0.2) is 24.3 Å². The summed E-state index contributed by atoms with van der Waals surface area (Å²) in [6, 6.07) is 8.91. The Morgan fingerprint density at radius 1 is 1.20 bits per heavy atom. The summed E-state index contributed by atoms with van der Waals surface area (Å²) in [4.78, 5) is 4.78. The lowest BCUT2D eigenvalue weighted by Crippen LogP contribution is -2.49. The second-order valence-corrected chi connectivity index (χ2v) is 7.36. The van der Waals surface area contributed by atoms with Gasteiger partial charge in [-0.2, -0.15) is 0 Å². The van der Waals surface area contributed by atoms with E-state index in [1.54, 1.807) is 0 Å². The number of benzene rings is 1. The maximum Gasteiger partial charge on any atom is 0.119 e. The van der Waals surface area contributed by atoms with Crippen LogP contribution in [0.3, 0.4) is 0 Å². The summed E-state index contributed by atoms with van der Waals surface area (Å²) in [7, 11) is 0. The number of hydrogen-bond acceptors (Lipinski definition) is 5. The number of piperazine rings is 1. The van der Waals surface area contributed by atoms with Gasteiger partial charge in [0.2, 0.25) is 0 Å². The number of nitrogens with zero attached hydrogens (tertiary/aromatic N) is 2. The van der Waals surface area contributed by atoms with Crippen LogP contribution in [0.4, 0.5) is 0 Å². The van der Waals surface area contributed by atoms with E-state index in [2.05, 4.69) is 34.2 Å². The quantitative estimate of drug-likeness (QED) is 0.712. The molecule has 1 heterocycles. The average Bonchev–Trinajstić information content (AvgIpc) is 2.60. The Labute approximate surface area is 152 Å². The van der Waals surface area contributed by atoms with Gasteiger partial charge in [-0.05, 0) is 37.1 Å². The molecule has 2 N–H and O–H groups in total. The fourth-order valence-corrected chi connectivity index (χ4v) is 3.45. The van der Waals surface area contributed by atoms with Gasteiger partial charge in [-0.1, -0.05) is 25.5 Å². The SMILES string of the molecule is CCN1CCN(CC(O)COc2cccc(CNC3CCC3)c2)CC1. The zero-order valence-electron chi connectivity index (χ0n) is 15.5. The molecule has 1 aliphatic heterocycles. The topological polar surface area (TPSA) is 48.0 Å². The van der Waals surface area contributed by atoms with Crippen LogP contribution in [0.1, 0.15) is 31.7 Å². The standard InChI is InChI=1S/C20H33N3O2/c1-2-22-9-11-23(12-10-22)15-19(24)16-25-20-8-3-5-17(13-20)14-21-18-6-4-7-18/h3,5,8,13,18-19,21,24H,2,4,6-7,9-12,14-16H2,1H3. The highest BCUT2D eigenvalue weighted by Gasteiger charge is 2.19. The second kappa shape index (κ2) is 9.53. The number of β-amino-alcohol motifs (C(OH)–C–C–N with tert-alkyl or cyclic N) is 1. The van der Waals surface area contributed by atoms with Crippen LogP contribution in [0.2, 0.25) is 0 Å². The Balaban J connectivity index is 1.37. The molecule has 3 rings (SSSR count). The number of ether oxygens (including phenoxy) is 1. The van der Waals surface area contributed by atoms with Gasteiger partial charge in [0, 0.05) is 45.3 Å². The summed E-state index contributed by atoms with van der Waals surface area (Å²) < 4.78 is 5.82. The van der Waals surface area contributed by atoms with Gasteiger partial charge in [0.1, 0.15) is 18.5 Å². The second-order valence-electron chi connectivity index (χ2n) is 7.36. The van der Waals surface area contributed by atoms with E-state index in [4.69, 9.17) is 4.74 Å². The largest absolute Gasteiger partial charge is 0.491 e. The lowest BCUT2D eigenvalue weighted by molar-refractivity contribution is 0.0471. The van der Waals surface area contributed by atoms with Crippen molar-refractivity contribution < 1.29 is 9.84 Å². The van der Waals surface area contributed by atoms with Gasteiger partial charge in [0.25, 0.3) is 0 Å². The zero-order chi connectivity index (χ0) is 17.5. The highest BCUT2D eigenvalue weighted by Crippen LogP contribution is 2.19. The molecule has 5 nitrogen and oxygen atoms in total. The van der Waals surface area contributed by atoms with Crippen LogP contribution >= 0.6 is 0 Å². The first-order chi connectivity index (χ1) is 12.2. The minimum absolute atomic E-state index is 0.355. The molecule has 0 amide bonds. The summed E-state index contributed by atoms with van der Waals surface area (Å²) in [6.45, 7) is 9.53. The lowest BCUT2D eigenvalue weighted by Gasteiger charge is -2.34. The fraction of sp³-hybridized carbons (Fsp3) is 0.700. The Morgan fingerprint density at radius 2 is 1.96 bits per heavy atom. The first-order valence-electron chi connectivity index (χ1n) is 9.81. The van der Waals surface area contributed by atoms with Crippen LogP contribution in [0.5, 0.6) is 5.75 Å². The molecule has 25 heavy (non-hydrogen) atoms. The molecule has 1 saturated carbocycles. The van der Waals surface area contributed by atoms with Gasteiger partial charge in [0.15, 0.2) is 0 Å². The number of nitrogens with one attached hydrogen (secondary N) is 1. The predicted molar refractivity (Wildman–Crippen MR) is 101 cm³/mol. The van der Waals surface area contributed by atoms with E-state index in [9.17, 15) is 5.11 Å². The number of rotatable bonds is 9. The Hall–Kier alpha value is -1.14. The van der Waals surface area contributed by atoms with E-state index in [0.717, 1.165) is 45.0 Å². The molecule has 2 fully saturated rings. The molecule has 1 aromatic carbocycles. The molecule has 1 aliphatic carbocycles. The van der Waals surface area contributed by atoms with Crippen LogP contribution in [0, 0.1) is 0 Å². The molecule has 0 radical (unpaired) electrons. The number of hydrogen-bond donors (Lipinski definition) is 2. The van der Waals surface area contributed by atoms with Gasteiger partial charge in [0.05, 0.1) is 0 Å². The first kappa shape index (κ1) is 18.6. The third-order valence-electron chi connectivity index (χ3n) is 5.42. The maximum atomic E-state index is 10.3. The number of likely N-dealkylation sites (N-methyl/N-ethyl adjacent to an activating group) is 1. The molecule has 5 heteroatoms. The molecule has 0 bridgehead atoms. The molecular weight excluding hydrogens is 314 g/mol. The minimum Gasteiger partial charge on any atom is -0.491 e. The maximum absolute atomic E-state index is 10.3. The van der Waals surface area contributed by atoms with Gasteiger partial charge in [-0.3, -0.25) is 4.90 Å². The van der Waals surface area contributed by atoms with E-state index in [-0.39, 0.29) is 0 Å². The summed E-state index contributed by atoms with van der Waals surface area (Å²) in [5.74, 6) is 0.850. The molecular formula is C20H33N3O2. The van der Waals surface area contributed by atoms with Gasteiger partial charge >= 0.3 is 0 Å². The molecule has 2 aliphatic rings. The summed E-state index contributed by atoms with van der Waals surface area (Å²) >= 11 is 0. The van der Waals surface area contributed by atoms with Crippen LogP contribution in [-0.2, 0) is 6.54 Å². The fourth-order valence-electron chi connectivity index (χ4n) is 3.45. The van der Waals surface area contributed by atoms with Crippen molar-refractivity contribution in [2.75, 3.05) is 45.9 Å². The summed E-state index contributed by atoms with van der Waals surface area (Å²) in [5.41, 5.74) is 1.24. The smallest absolute Gasteiger partial charge is 0.119 e. The van der Waals surface area contributed by atoms with Gasteiger partial charge < -0.3 is 20.1 Å². The van der Waals surface area contributed by atoms with Crippen LogP contribution < -0.4 is 10.1 Å². The van der Waals surface area contributed by atoms with Crippen molar-refractivity contribution in [2.45, 2.75) is 44.9 Å². The van der Waals surface area contributed by atoms with Crippen molar-refractivity contribution in [3.8, 4) is 5.75 Å². The normalized spacial score (nSPS) is 21.0. The minimum atomic E-state index is -0.440. The van der Waals surface area contributed by atoms with Crippen molar-refractivity contribution in [1.82, 2.24) is 15.1 Å². The monoisotopic (exact) mass is 347 g/mol. The molecule has 0 aromatic heterocycles. The molecule has 0 spiro atoms. The molecule has 1 saturated heterocycles. The molecule has 140 valence electrons. The third-order valence-corrected chi connectivity index (χ3v) is 5.42. The van der Waals surface area contributed by atoms with Crippen LogP contribution in [0.25, 0.3) is 0 Å². The Morgan fingerprint density at radius 3 is 2.64 bits per heavy atom. The summed E-state index contributed by atoms with van der Waals surface area (Å²) in [5, 5.41) is 13.9. The average molecular weight is 348 g/mol. The first-order valence-corrected chi connectivity index (χ1v) is 9.81. The van der Waals surface area contributed by atoms with E-state index in [1.165, 1.54) is 24.8 Å². The Kier molecular flexibility index (Phi) is 7.11. The van der Waals surface area contributed by atoms with Gasteiger partial charge in [-0.25, -0.2) is 0 Å². The highest BCUT2D eigenvalue weighted by molar-refractivity contribution is 5.28. The molecule has 1 aromatic rings. The van der Waals surface area contributed by atoms with E-state index >= 15 is 0 Å². The van der Waals surface area contributed by atoms with Crippen molar-refractivity contribution in [3.05, 3.63) is 29.8 Å². The van der Waals surface area contributed by atoms with Crippen LogP contribution in [-0.4, -0.2) is 72.9 Å². The van der Waals surface area contributed by atoms with Gasteiger partial charge in [-0.15, -0.1) is 0 Å². The van der Waals surface area contributed by atoms with E-state index in [1.807, 2.05) is 12.1 Å². The van der Waals surface area contributed by atoms with Crippen molar-refractivity contribution in [1.29, 1.82) is 0 Å². The zero-order valence-corrected chi connectivity index (χ0v) is 15.5. The van der Waals surface area contributed by atoms with Crippen molar-refractivity contribution in [3.63, 3.8) is 0 Å². The number of aliphatic hydroxyl groups excluding tert-OH is 1. The Bertz CT molecular complexity index is 513. The predicted octanol–water partition coefficient (Wildman–Crippen LogP) is 1.71. The third kappa shape index (κ3) is 5.96. The lowest BCUT2D eigenvalue weighted by atomic mass is 9.93. The summed E-state index contributed by atoms with van der Waals surface area (Å²) in [6.07, 6.45) is 3.51.